The Balaban J connectivity index is 1.99. The van der Waals surface area contributed by atoms with Gasteiger partial charge in [-0.25, -0.2) is 8.42 Å². The zero-order chi connectivity index (χ0) is 21.6. The Morgan fingerprint density at radius 2 is 1.83 bits per heavy atom. The molecule has 0 saturated carbocycles. The van der Waals surface area contributed by atoms with E-state index in [9.17, 15) is 13.2 Å². The van der Waals surface area contributed by atoms with Gasteiger partial charge < -0.3 is 20.9 Å². The van der Waals surface area contributed by atoms with Crippen LogP contribution in [-0.2, 0) is 21.2 Å². The van der Waals surface area contributed by atoms with Gasteiger partial charge >= 0.3 is 0 Å². The summed E-state index contributed by atoms with van der Waals surface area (Å²) in [6.45, 7) is 4.60. The van der Waals surface area contributed by atoms with Gasteiger partial charge in [-0.1, -0.05) is 26.0 Å². The molecule has 7 nitrogen and oxygen atoms in total. The number of hydrogen-bond acceptors (Lipinski definition) is 6. The molecule has 2 rings (SSSR count). The molecule has 8 heteroatoms. The third-order valence-electron chi connectivity index (χ3n) is 5.21. The van der Waals surface area contributed by atoms with Crippen LogP contribution < -0.4 is 10.6 Å². The largest absolute Gasteiger partial charge is 0.389 e. The van der Waals surface area contributed by atoms with E-state index in [1.807, 2.05) is 31.3 Å². The zero-order valence-electron chi connectivity index (χ0n) is 17.7. The summed E-state index contributed by atoms with van der Waals surface area (Å²) >= 11 is 0. The molecule has 1 aliphatic rings. The van der Waals surface area contributed by atoms with Crippen LogP contribution >= 0.6 is 0 Å². The first-order valence-electron chi connectivity index (χ1n) is 9.90. The second kappa shape index (κ2) is 9.91. The molecule has 1 amide bonds. The molecule has 160 valence electrons. The fourth-order valence-electron chi connectivity index (χ4n) is 3.56. The van der Waals surface area contributed by atoms with Gasteiger partial charge in [0.2, 0.25) is 5.91 Å². The number of hydrogen-bond donors (Lipinski definition) is 3. The van der Waals surface area contributed by atoms with Gasteiger partial charge in [-0.05, 0) is 36.5 Å². The summed E-state index contributed by atoms with van der Waals surface area (Å²) in [6, 6.07) is 7.76. The third-order valence-corrected chi connectivity index (χ3v) is 6.93. The van der Waals surface area contributed by atoms with E-state index >= 15 is 0 Å². The molecule has 0 aromatic heterocycles. The van der Waals surface area contributed by atoms with Crippen molar-refractivity contribution in [1.82, 2.24) is 10.2 Å². The summed E-state index contributed by atoms with van der Waals surface area (Å²) in [5, 5.41) is 14.1. The van der Waals surface area contributed by atoms with Crippen LogP contribution in [0.25, 0.3) is 0 Å². The Bertz CT molecular complexity index is 846. The predicted octanol–water partition coefficient (Wildman–Crippen LogP) is 2.62. The Hall–Kier alpha value is -2.35. The highest BCUT2D eigenvalue weighted by Gasteiger charge is 2.30. The number of nitrogens with zero attached hydrogens (tertiary/aromatic N) is 1. The van der Waals surface area contributed by atoms with Gasteiger partial charge in [0.05, 0.1) is 17.2 Å². The minimum absolute atomic E-state index is 0.00622. The maximum atomic E-state index is 12.6. The lowest BCUT2D eigenvalue weighted by molar-refractivity contribution is -0.135. The van der Waals surface area contributed by atoms with E-state index < -0.39 is 9.84 Å². The van der Waals surface area contributed by atoms with Crippen LogP contribution in [-0.4, -0.2) is 51.0 Å². The Morgan fingerprint density at radius 1 is 1.24 bits per heavy atom. The van der Waals surface area contributed by atoms with Crippen molar-refractivity contribution in [2.75, 3.05) is 30.9 Å². The molecule has 1 aliphatic heterocycles. The fraction of sp³-hybridized carbons (Fsp3) is 0.524. The van der Waals surface area contributed by atoms with Crippen LogP contribution in [0.2, 0.25) is 0 Å². The fourth-order valence-corrected chi connectivity index (χ4v) is 5.06. The molecule has 1 fully saturated rings. The Morgan fingerprint density at radius 3 is 2.31 bits per heavy atom. The van der Waals surface area contributed by atoms with Gasteiger partial charge in [0.15, 0.2) is 0 Å². The molecular formula is C21H32N4O3S. The molecule has 29 heavy (non-hydrogen) atoms. The van der Waals surface area contributed by atoms with Crippen molar-refractivity contribution >= 4 is 27.6 Å². The summed E-state index contributed by atoms with van der Waals surface area (Å²) in [5.74, 6) is 0.266. The summed E-state index contributed by atoms with van der Waals surface area (Å²) in [7, 11) is 0.638. The molecule has 0 atom stereocenters. The number of carbonyl (C=O) groups excluding carboxylic acids is 1. The molecule has 0 unspecified atom stereocenters. The van der Waals surface area contributed by atoms with E-state index in [2.05, 4.69) is 24.5 Å². The van der Waals surface area contributed by atoms with Crippen LogP contribution in [0.5, 0.6) is 0 Å². The monoisotopic (exact) mass is 420 g/mol. The maximum Gasteiger partial charge on any atom is 0.225 e. The summed E-state index contributed by atoms with van der Waals surface area (Å²) in [4.78, 5) is 14.3. The van der Waals surface area contributed by atoms with Crippen LogP contribution in [0.15, 0.2) is 35.7 Å². The van der Waals surface area contributed by atoms with E-state index in [-0.39, 0.29) is 29.2 Å². The molecule has 1 aromatic carbocycles. The van der Waals surface area contributed by atoms with Crippen molar-refractivity contribution in [1.29, 1.82) is 5.41 Å². The molecule has 0 bridgehead atoms. The van der Waals surface area contributed by atoms with Crippen LogP contribution in [0.4, 0.5) is 5.69 Å². The number of amides is 1. The van der Waals surface area contributed by atoms with Gasteiger partial charge in [-0.2, -0.15) is 0 Å². The average Bonchev–Trinajstić information content (AvgIpc) is 2.68. The number of benzene rings is 1. The molecule has 1 saturated heterocycles. The van der Waals surface area contributed by atoms with E-state index in [0.717, 1.165) is 22.6 Å². The number of anilines is 1. The third kappa shape index (κ3) is 6.32. The lowest BCUT2D eigenvalue weighted by Gasteiger charge is -2.26. The number of sulfone groups is 1. The first-order chi connectivity index (χ1) is 13.7. The van der Waals surface area contributed by atoms with Gasteiger partial charge in [-0.15, -0.1) is 0 Å². The highest BCUT2D eigenvalue weighted by atomic mass is 32.2. The number of carbonyl (C=O) groups is 1. The SMILES string of the molecule is CN/C(=C(\C=N)Nc1ccc(CN(C)C(=O)C2CCS(=O)(=O)CC2)cc1)C(C)C. The molecule has 0 aliphatic carbocycles. The molecule has 0 spiro atoms. The standard InChI is InChI=1S/C21H32N4O3S/c1-15(2)20(23-3)19(13-22)24-18-7-5-16(6-8-18)14-25(4)21(26)17-9-11-29(27,28)12-10-17/h5-8,13,15,17,22-24H,9-12,14H2,1-4H3/b20-19+,22-13?. The van der Waals surface area contributed by atoms with Crippen LogP contribution in [0.3, 0.4) is 0 Å². The van der Waals surface area contributed by atoms with Gasteiger partial charge in [0.25, 0.3) is 0 Å². The number of rotatable bonds is 8. The number of allylic oxidation sites excluding steroid dienone is 2. The van der Waals surface area contributed by atoms with E-state index in [0.29, 0.717) is 19.4 Å². The predicted molar refractivity (Wildman–Crippen MR) is 118 cm³/mol. The highest BCUT2D eigenvalue weighted by molar-refractivity contribution is 7.91. The van der Waals surface area contributed by atoms with Crippen LogP contribution in [0.1, 0.15) is 32.3 Å². The normalized spacial score (nSPS) is 17.4. The van der Waals surface area contributed by atoms with Crippen molar-refractivity contribution in [2.45, 2.75) is 33.2 Å². The van der Waals surface area contributed by atoms with Gasteiger partial charge in [0.1, 0.15) is 9.84 Å². The summed E-state index contributed by atoms with van der Waals surface area (Å²) < 4.78 is 23.1. The van der Waals surface area contributed by atoms with Crippen molar-refractivity contribution in [3.63, 3.8) is 0 Å². The van der Waals surface area contributed by atoms with E-state index in [4.69, 9.17) is 5.41 Å². The molecular weight excluding hydrogens is 388 g/mol. The first kappa shape index (κ1) is 22.9. The smallest absolute Gasteiger partial charge is 0.225 e. The van der Waals surface area contributed by atoms with Crippen molar-refractivity contribution in [3.8, 4) is 0 Å². The van der Waals surface area contributed by atoms with E-state index in [1.54, 1.807) is 11.9 Å². The van der Waals surface area contributed by atoms with Crippen molar-refractivity contribution < 1.29 is 13.2 Å². The highest BCUT2D eigenvalue weighted by Crippen LogP contribution is 2.22. The first-order valence-corrected chi connectivity index (χ1v) is 11.7. The van der Waals surface area contributed by atoms with Crippen LogP contribution in [0, 0.1) is 17.2 Å². The summed E-state index contributed by atoms with van der Waals surface area (Å²) in [6.07, 6.45) is 2.13. The lowest BCUT2D eigenvalue weighted by Crippen LogP contribution is -2.37. The maximum absolute atomic E-state index is 12.6. The summed E-state index contributed by atoms with van der Waals surface area (Å²) in [5.41, 5.74) is 3.54. The second-order valence-electron chi connectivity index (χ2n) is 7.82. The Kier molecular flexibility index (Phi) is 7.84. The molecule has 1 aromatic rings. The number of nitrogens with one attached hydrogen (secondary N) is 3. The van der Waals surface area contributed by atoms with Gasteiger partial charge in [0, 0.05) is 44.2 Å². The second-order valence-corrected chi connectivity index (χ2v) is 10.1. The van der Waals surface area contributed by atoms with Crippen molar-refractivity contribution in [3.05, 3.63) is 41.2 Å². The van der Waals surface area contributed by atoms with Gasteiger partial charge in [-0.3, -0.25) is 4.79 Å². The zero-order valence-corrected chi connectivity index (χ0v) is 18.5. The Labute approximate surface area is 174 Å². The average molecular weight is 421 g/mol. The van der Waals surface area contributed by atoms with Crippen molar-refractivity contribution in [2.24, 2.45) is 11.8 Å². The molecule has 0 radical (unpaired) electrons. The quantitative estimate of drug-likeness (QED) is 0.561. The molecule has 1 heterocycles. The minimum Gasteiger partial charge on any atom is -0.389 e. The molecule has 3 N–H and O–H groups in total. The van der Waals surface area contributed by atoms with E-state index in [1.165, 1.54) is 6.21 Å². The minimum atomic E-state index is -2.97. The lowest BCUT2D eigenvalue weighted by atomic mass is 10.0. The topological polar surface area (TPSA) is 102 Å².